The van der Waals surface area contributed by atoms with Gasteiger partial charge in [0.25, 0.3) is 0 Å². The first-order valence-corrected chi connectivity index (χ1v) is 12.9. The second-order valence-electron chi connectivity index (χ2n) is 9.70. The normalized spacial score (nSPS) is 22.9. The van der Waals surface area contributed by atoms with E-state index in [0.29, 0.717) is 22.8 Å². The number of thiazole rings is 1. The van der Waals surface area contributed by atoms with Crippen molar-refractivity contribution in [1.29, 1.82) is 5.26 Å². The van der Waals surface area contributed by atoms with Crippen LogP contribution in [0, 0.1) is 29.0 Å². The number of carbonyl (C=O) groups is 1. The Balaban J connectivity index is 1.62. The van der Waals surface area contributed by atoms with Gasteiger partial charge in [0, 0.05) is 33.4 Å². The molecule has 2 aliphatic rings. The molecule has 36 heavy (non-hydrogen) atoms. The highest BCUT2D eigenvalue weighted by atomic mass is 32.1. The van der Waals surface area contributed by atoms with E-state index in [9.17, 15) is 14.4 Å². The van der Waals surface area contributed by atoms with Crippen LogP contribution >= 0.6 is 11.3 Å². The smallest absolute Gasteiger partial charge is 0.211 e. The van der Waals surface area contributed by atoms with Crippen molar-refractivity contribution in [3.63, 3.8) is 0 Å². The molecule has 7 heteroatoms. The minimum atomic E-state index is -0.624. The van der Waals surface area contributed by atoms with Gasteiger partial charge in [0.2, 0.25) is 5.13 Å². The summed E-state index contributed by atoms with van der Waals surface area (Å²) in [5.41, 5.74) is 4.27. The van der Waals surface area contributed by atoms with Crippen LogP contribution in [-0.4, -0.2) is 20.5 Å². The third-order valence-corrected chi connectivity index (χ3v) is 8.50. The minimum absolute atomic E-state index is 0.00655. The Bertz CT molecular complexity index is 1580. The van der Waals surface area contributed by atoms with Crippen molar-refractivity contribution in [2.75, 3.05) is 0 Å². The summed E-state index contributed by atoms with van der Waals surface area (Å²) in [4.78, 5) is 17.8. The number of ketones is 1. The first-order chi connectivity index (χ1) is 17.4. The molecule has 0 spiro atoms. The van der Waals surface area contributed by atoms with Crippen LogP contribution in [0.4, 0.5) is 4.39 Å². The number of nitriles is 1. The highest BCUT2D eigenvalue weighted by Crippen LogP contribution is 2.52. The van der Waals surface area contributed by atoms with Gasteiger partial charge < -0.3 is 0 Å². The second-order valence-corrected chi connectivity index (χ2v) is 10.5. The van der Waals surface area contributed by atoms with E-state index in [1.807, 2.05) is 59.5 Å². The molecule has 0 aliphatic heterocycles. The van der Waals surface area contributed by atoms with Gasteiger partial charge in [-0.05, 0) is 30.9 Å². The van der Waals surface area contributed by atoms with Crippen molar-refractivity contribution in [2.45, 2.75) is 32.1 Å². The van der Waals surface area contributed by atoms with Crippen molar-refractivity contribution in [3.05, 3.63) is 88.7 Å². The molecule has 2 aliphatic carbocycles. The summed E-state index contributed by atoms with van der Waals surface area (Å²) in [6.07, 6.45) is 3.24. The Morgan fingerprint density at radius 2 is 1.92 bits per heavy atom. The molecule has 0 unspecified atom stereocenters. The highest BCUT2D eigenvalue weighted by molar-refractivity contribution is 7.12. The summed E-state index contributed by atoms with van der Waals surface area (Å²) in [5.74, 6) is -0.725. The Hall–Kier alpha value is -3.89. The maximum absolute atomic E-state index is 15.0. The number of hydrogen-bond acceptors (Lipinski definition) is 5. The lowest BCUT2D eigenvalue weighted by molar-refractivity contribution is -0.121. The van der Waals surface area contributed by atoms with Crippen molar-refractivity contribution >= 4 is 17.1 Å². The van der Waals surface area contributed by atoms with Crippen molar-refractivity contribution in [2.24, 2.45) is 11.8 Å². The topological polar surface area (TPSA) is 71.6 Å². The van der Waals surface area contributed by atoms with Crippen LogP contribution in [0.25, 0.3) is 27.6 Å². The Morgan fingerprint density at radius 1 is 1.17 bits per heavy atom. The third kappa shape index (κ3) is 3.29. The summed E-state index contributed by atoms with van der Waals surface area (Å²) >= 11 is 1.47. The fraction of sp³-hybridized carbons (Fsp3) is 0.241. The fourth-order valence-corrected chi connectivity index (χ4v) is 6.75. The predicted molar refractivity (Wildman–Crippen MR) is 137 cm³/mol. The predicted octanol–water partition coefficient (Wildman–Crippen LogP) is 6.29. The minimum Gasteiger partial charge on any atom is -0.293 e. The fourth-order valence-electron chi connectivity index (χ4n) is 5.96. The van der Waals surface area contributed by atoms with Gasteiger partial charge in [-0.1, -0.05) is 62.4 Å². The second kappa shape index (κ2) is 8.35. The molecule has 2 aromatic carbocycles. The summed E-state index contributed by atoms with van der Waals surface area (Å²) in [6, 6.07) is 18.7. The first kappa shape index (κ1) is 22.6. The molecule has 0 fully saturated rings. The van der Waals surface area contributed by atoms with E-state index in [2.05, 4.69) is 13.0 Å². The van der Waals surface area contributed by atoms with Crippen LogP contribution in [0.15, 0.2) is 71.6 Å². The number of nitrogens with zero attached hydrogens (tertiary/aromatic N) is 4. The van der Waals surface area contributed by atoms with Crippen LogP contribution in [0.2, 0.25) is 0 Å². The van der Waals surface area contributed by atoms with Crippen molar-refractivity contribution in [3.8, 4) is 33.7 Å². The number of allylic oxidation sites excluding steroid dienone is 2. The summed E-state index contributed by atoms with van der Waals surface area (Å²) < 4.78 is 16.8. The molecule has 5 nitrogen and oxygen atoms in total. The number of rotatable bonds is 3. The third-order valence-electron chi connectivity index (χ3n) is 7.69. The van der Waals surface area contributed by atoms with Gasteiger partial charge in [0.1, 0.15) is 11.9 Å². The van der Waals surface area contributed by atoms with Gasteiger partial charge in [-0.15, -0.1) is 11.3 Å². The Kier molecular flexibility index (Phi) is 5.24. The summed E-state index contributed by atoms with van der Waals surface area (Å²) in [7, 11) is 0. The van der Waals surface area contributed by atoms with Gasteiger partial charge in [-0.3, -0.25) is 4.79 Å². The molecule has 178 valence electrons. The summed E-state index contributed by atoms with van der Waals surface area (Å²) in [6.45, 7) is 3.99. The maximum atomic E-state index is 15.0. The molecule has 0 N–H and O–H groups in total. The zero-order valence-corrected chi connectivity index (χ0v) is 20.7. The van der Waals surface area contributed by atoms with Crippen molar-refractivity contribution < 1.29 is 9.18 Å². The number of hydrogen-bond donors (Lipinski definition) is 0. The highest BCUT2D eigenvalue weighted by Gasteiger charge is 2.51. The average molecular weight is 495 g/mol. The van der Waals surface area contributed by atoms with E-state index in [-0.39, 0.29) is 29.0 Å². The maximum Gasteiger partial charge on any atom is 0.211 e. The molecule has 2 aromatic heterocycles. The number of fused-ring (bicyclic) bond motifs is 3. The van der Waals surface area contributed by atoms with Gasteiger partial charge in [0.15, 0.2) is 5.78 Å². The molecule has 3 atom stereocenters. The van der Waals surface area contributed by atoms with Gasteiger partial charge in [-0.2, -0.15) is 10.4 Å². The van der Waals surface area contributed by atoms with Crippen LogP contribution in [-0.2, 0) is 16.6 Å². The van der Waals surface area contributed by atoms with Gasteiger partial charge >= 0.3 is 0 Å². The first-order valence-electron chi connectivity index (χ1n) is 12.0. The Labute approximate surface area is 212 Å². The standard InChI is InChI=1S/C29H23FN4OS/c1-17-22-13-12-21-25(20-10-6-7-11-23(20)30)33-34(27(21)29(22,2)14-19(15-31)26(17)35)28-32-24(16-36-28)18-8-4-3-5-9-18/h3-11,14,16-17,22H,12-13H2,1-2H3/t17-,22-,29-/m1/s1. The molecule has 0 saturated carbocycles. The largest absolute Gasteiger partial charge is 0.293 e. The zero-order chi connectivity index (χ0) is 25.0. The SMILES string of the molecule is C[C@H]1C(=O)C(C#N)=C[C@@]2(C)c3c(c(-c4ccccc4F)nn3-c3nc(-c4ccccc4)cs3)CC[C@H]12. The van der Waals surface area contributed by atoms with E-state index >= 15 is 0 Å². The molecule has 0 radical (unpaired) electrons. The van der Waals surface area contributed by atoms with E-state index < -0.39 is 5.41 Å². The number of benzene rings is 2. The van der Waals surface area contributed by atoms with Crippen LogP contribution in [0.1, 0.15) is 31.5 Å². The lowest BCUT2D eigenvalue weighted by Crippen LogP contribution is -2.46. The van der Waals surface area contributed by atoms with Crippen LogP contribution in [0.3, 0.4) is 0 Å². The summed E-state index contributed by atoms with van der Waals surface area (Å²) in [5, 5.41) is 17.4. The molecule has 6 rings (SSSR count). The van der Waals surface area contributed by atoms with E-state index in [0.717, 1.165) is 28.9 Å². The van der Waals surface area contributed by atoms with Crippen molar-refractivity contribution in [1.82, 2.24) is 14.8 Å². The number of aromatic nitrogens is 3. The molecule has 2 heterocycles. The lowest BCUT2D eigenvalue weighted by atomic mass is 9.58. The van der Waals surface area contributed by atoms with Gasteiger partial charge in [0.05, 0.1) is 22.7 Å². The number of halogens is 1. The zero-order valence-electron chi connectivity index (χ0n) is 19.9. The molecule has 0 saturated heterocycles. The van der Waals surface area contributed by atoms with Crippen LogP contribution < -0.4 is 0 Å². The quantitative estimate of drug-likeness (QED) is 0.336. The molecule has 4 aromatic rings. The lowest BCUT2D eigenvalue weighted by Gasteiger charge is -2.45. The molecule has 0 amide bonds. The van der Waals surface area contributed by atoms with E-state index in [1.54, 1.807) is 12.1 Å². The van der Waals surface area contributed by atoms with Gasteiger partial charge in [-0.25, -0.2) is 14.1 Å². The molecule has 0 bridgehead atoms. The molecular weight excluding hydrogens is 471 g/mol. The Morgan fingerprint density at radius 3 is 2.67 bits per heavy atom. The number of carbonyl (C=O) groups excluding carboxylic acids is 1. The average Bonchev–Trinajstić information content (AvgIpc) is 3.53. The monoisotopic (exact) mass is 494 g/mol. The van der Waals surface area contributed by atoms with Crippen LogP contribution in [0.5, 0.6) is 0 Å². The van der Waals surface area contributed by atoms with E-state index in [4.69, 9.17) is 10.1 Å². The van der Waals surface area contributed by atoms with E-state index in [1.165, 1.54) is 17.4 Å². The number of Topliss-reactive ketones (excluding diaryl/α,β-unsaturated/α-hetero) is 1. The molecular formula is C29H23FN4OS.